The molecule has 0 saturated heterocycles. The van der Waals surface area contributed by atoms with E-state index in [1.54, 1.807) is 6.08 Å². The highest BCUT2D eigenvalue weighted by molar-refractivity contribution is 4.98. The van der Waals surface area contributed by atoms with E-state index in [1.807, 2.05) is 19.1 Å². The zero-order valence-electron chi connectivity index (χ0n) is 3.89. The van der Waals surface area contributed by atoms with Gasteiger partial charge in [-0.05, 0) is 19.2 Å². The molecule has 0 aromatic rings. The highest BCUT2D eigenvalue weighted by Gasteiger charge is 1.48. The Morgan fingerprint density at radius 3 is 2.17 bits per heavy atom. The quantitative estimate of drug-likeness (QED) is 0.471. The molecule has 0 unspecified atom stereocenters. The first-order valence-electron chi connectivity index (χ1n) is 1.91. The summed E-state index contributed by atoms with van der Waals surface area (Å²) in [6.07, 6.45) is 7.07. The first-order chi connectivity index (χ1) is 2.91. The highest BCUT2D eigenvalue weighted by Crippen LogP contribution is 1.67. The summed E-state index contributed by atoms with van der Waals surface area (Å²) < 4.78 is 0. The molecule has 0 rings (SSSR count). The monoisotopic (exact) mass is 83.1 g/mol. The lowest BCUT2D eigenvalue weighted by molar-refractivity contribution is 1.59. The second-order valence-corrected chi connectivity index (χ2v) is 0.911. The second-order valence-electron chi connectivity index (χ2n) is 0.911. The minimum atomic E-state index is 1.50. The number of nitrogens with two attached hydrogens (primary N) is 1. The third-order valence-electron chi connectivity index (χ3n) is 0.415. The maximum atomic E-state index is 4.98. The van der Waals surface area contributed by atoms with Crippen molar-refractivity contribution in [2.24, 2.45) is 5.73 Å². The van der Waals surface area contributed by atoms with Crippen LogP contribution in [0, 0.1) is 0 Å². The summed E-state index contributed by atoms with van der Waals surface area (Å²) in [5.41, 5.74) is 4.98. The van der Waals surface area contributed by atoms with Gasteiger partial charge in [0.2, 0.25) is 0 Å². The first-order valence-corrected chi connectivity index (χ1v) is 1.91. The number of hydrogen-bond acceptors (Lipinski definition) is 1. The Balaban J connectivity index is 3.07. The molecule has 0 bridgehead atoms. The van der Waals surface area contributed by atoms with Crippen molar-refractivity contribution in [1.29, 1.82) is 0 Å². The Morgan fingerprint density at radius 2 is 2.00 bits per heavy atom. The molecular weight excluding hydrogens is 74.1 g/mol. The normalized spacial score (nSPS) is 11.5. The van der Waals surface area contributed by atoms with Gasteiger partial charge in [-0.1, -0.05) is 12.2 Å². The van der Waals surface area contributed by atoms with Gasteiger partial charge in [0.15, 0.2) is 0 Å². The van der Waals surface area contributed by atoms with Crippen LogP contribution in [0.2, 0.25) is 0 Å². The number of allylic oxidation sites excluding steroid dienone is 3. The van der Waals surface area contributed by atoms with Crippen LogP contribution in [-0.2, 0) is 0 Å². The molecule has 0 spiro atoms. The van der Waals surface area contributed by atoms with Crippen molar-refractivity contribution < 1.29 is 0 Å². The summed E-state index contributed by atoms with van der Waals surface area (Å²) in [7, 11) is 0. The predicted molar refractivity (Wildman–Crippen MR) is 28.1 cm³/mol. The summed E-state index contributed by atoms with van der Waals surface area (Å²) >= 11 is 0. The molecule has 0 saturated carbocycles. The average Bonchev–Trinajstić information content (AvgIpc) is 1.61. The fraction of sp³-hybridized carbons (Fsp3) is 0.200. The minimum absolute atomic E-state index is 1.50. The van der Waals surface area contributed by atoms with Crippen molar-refractivity contribution in [2.45, 2.75) is 6.92 Å². The molecule has 0 aliphatic heterocycles. The van der Waals surface area contributed by atoms with Crippen LogP contribution >= 0.6 is 0 Å². The average molecular weight is 83.1 g/mol. The zero-order valence-corrected chi connectivity index (χ0v) is 3.89. The summed E-state index contributed by atoms with van der Waals surface area (Å²) in [5, 5.41) is 0. The van der Waals surface area contributed by atoms with E-state index in [4.69, 9.17) is 5.73 Å². The van der Waals surface area contributed by atoms with Crippen LogP contribution in [0.25, 0.3) is 0 Å². The molecular formula is C5H9N. The largest absolute Gasteiger partial charge is 0.405 e. The Hall–Kier alpha value is -0.720. The third-order valence-corrected chi connectivity index (χ3v) is 0.415. The van der Waals surface area contributed by atoms with E-state index in [0.29, 0.717) is 0 Å². The standard InChI is InChI=1S/C5H9N/c1-2-3-4-5-6/h2-5H,6H2,1H3/b3-2-,5-4+. The van der Waals surface area contributed by atoms with Gasteiger partial charge in [-0.2, -0.15) is 0 Å². The Morgan fingerprint density at radius 1 is 1.33 bits per heavy atom. The van der Waals surface area contributed by atoms with E-state index in [-0.39, 0.29) is 0 Å². The highest BCUT2D eigenvalue weighted by atomic mass is 14.5. The van der Waals surface area contributed by atoms with Crippen LogP contribution in [0.3, 0.4) is 0 Å². The van der Waals surface area contributed by atoms with Gasteiger partial charge in [-0.15, -0.1) is 0 Å². The molecule has 0 aromatic heterocycles. The summed E-state index contributed by atoms with van der Waals surface area (Å²) in [6.45, 7) is 1.94. The number of hydrogen-bond donors (Lipinski definition) is 1. The van der Waals surface area contributed by atoms with Crippen LogP contribution in [0.4, 0.5) is 0 Å². The molecule has 34 valence electrons. The van der Waals surface area contributed by atoms with Gasteiger partial charge in [0.1, 0.15) is 0 Å². The maximum Gasteiger partial charge on any atom is -0.00625 e. The SMILES string of the molecule is C/C=C\C=C\N. The lowest BCUT2D eigenvalue weighted by Gasteiger charge is -1.63. The lowest BCUT2D eigenvalue weighted by Crippen LogP contribution is -1.71. The molecule has 0 aromatic carbocycles. The van der Waals surface area contributed by atoms with Gasteiger partial charge in [0.05, 0.1) is 0 Å². The van der Waals surface area contributed by atoms with Crippen LogP contribution in [0.15, 0.2) is 24.4 Å². The fourth-order valence-corrected chi connectivity index (χ4v) is 0.175. The van der Waals surface area contributed by atoms with Crippen molar-refractivity contribution in [3.8, 4) is 0 Å². The summed E-state index contributed by atoms with van der Waals surface area (Å²) in [6, 6.07) is 0. The van der Waals surface area contributed by atoms with Gasteiger partial charge >= 0.3 is 0 Å². The first kappa shape index (κ1) is 5.28. The predicted octanol–water partition coefficient (Wildman–Crippen LogP) is 1.03. The van der Waals surface area contributed by atoms with E-state index in [2.05, 4.69) is 0 Å². The molecule has 0 aliphatic rings. The molecule has 0 aliphatic carbocycles. The van der Waals surface area contributed by atoms with Crippen molar-refractivity contribution in [2.75, 3.05) is 0 Å². The molecule has 0 radical (unpaired) electrons. The van der Waals surface area contributed by atoms with Crippen molar-refractivity contribution in [1.82, 2.24) is 0 Å². The Kier molecular flexibility index (Phi) is 3.77. The van der Waals surface area contributed by atoms with Gasteiger partial charge in [0.25, 0.3) is 0 Å². The summed E-state index contributed by atoms with van der Waals surface area (Å²) in [4.78, 5) is 0. The Bertz CT molecular complexity index is 52.3. The van der Waals surface area contributed by atoms with Crippen molar-refractivity contribution >= 4 is 0 Å². The minimum Gasteiger partial charge on any atom is -0.405 e. The van der Waals surface area contributed by atoms with Crippen molar-refractivity contribution in [3.63, 3.8) is 0 Å². The fourth-order valence-electron chi connectivity index (χ4n) is 0.175. The Labute approximate surface area is 38.2 Å². The van der Waals surface area contributed by atoms with E-state index in [0.717, 1.165) is 0 Å². The van der Waals surface area contributed by atoms with E-state index >= 15 is 0 Å². The second kappa shape index (κ2) is 4.28. The number of rotatable bonds is 1. The zero-order chi connectivity index (χ0) is 4.83. The molecule has 0 fully saturated rings. The molecule has 0 atom stereocenters. The molecule has 1 nitrogen and oxygen atoms in total. The molecule has 6 heavy (non-hydrogen) atoms. The third kappa shape index (κ3) is 3.28. The topological polar surface area (TPSA) is 26.0 Å². The molecule has 0 amide bonds. The maximum absolute atomic E-state index is 4.98. The van der Waals surface area contributed by atoms with Crippen molar-refractivity contribution in [3.05, 3.63) is 24.4 Å². The molecule has 1 heteroatoms. The molecule has 0 heterocycles. The smallest absolute Gasteiger partial charge is 0.00625 e. The van der Waals surface area contributed by atoms with Crippen LogP contribution in [-0.4, -0.2) is 0 Å². The van der Waals surface area contributed by atoms with Gasteiger partial charge in [0, 0.05) is 0 Å². The summed E-state index contributed by atoms with van der Waals surface area (Å²) in [5.74, 6) is 0. The van der Waals surface area contributed by atoms with Crippen LogP contribution < -0.4 is 5.73 Å². The van der Waals surface area contributed by atoms with E-state index in [9.17, 15) is 0 Å². The lowest BCUT2D eigenvalue weighted by atomic mass is 10.5. The van der Waals surface area contributed by atoms with E-state index in [1.165, 1.54) is 6.20 Å². The van der Waals surface area contributed by atoms with Gasteiger partial charge in [-0.3, -0.25) is 0 Å². The van der Waals surface area contributed by atoms with Gasteiger partial charge in [-0.25, -0.2) is 0 Å². The van der Waals surface area contributed by atoms with Crippen LogP contribution in [0.5, 0.6) is 0 Å². The van der Waals surface area contributed by atoms with Gasteiger partial charge < -0.3 is 5.73 Å². The van der Waals surface area contributed by atoms with E-state index < -0.39 is 0 Å². The van der Waals surface area contributed by atoms with Crippen LogP contribution in [0.1, 0.15) is 6.92 Å². The molecule has 2 N–H and O–H groups in total.